The number of aromatic nitrogens is 1. The van der Waals surface area contributed by atoms with E-state index in [0.717, 1.165) is 6.20 Å². The molecule has 2 N–H and O–H groups in total. The number of alkyl halides is 3. The first-order valence-electron chi connectivity index (χ1n) is 3.35. The van der Waals surface area contributed by atoms with Gasteiger partial charge in [0, 0.05) is 11.8 Å². The van der Waals surface area contributed by atoms with Gasteiger partial charge in [-0.15, -0.1) is 11.6 Å². The normalized spacial score (nSPS) is 10.8. The summed E-state index contributed by atoms with van der Waals surface area (Å²) in [5, 5.41) is 9.01. The van der Waals surface area contributed by atoms with Crippen molar-refractivity contribution in [2.24, 2.45) is 0 Å². The van der Waals surface area contributed by atoms with Crippen LogP contribution in [-0.4, -0.2) is 10.1 Å². The molecule has 0 aliphatic carbocycles. The van der Waals surface area contributed by atoms with Gasteiger partial charge >= 0.3 is 0 Å². The lowest BCUT2D eigenvalue weighted by molar-refractivity contribution is 0.146. The quantitative estimate of drug-likeness (QED) is 0.730. The summed E-state index contributed by atoms with van der Waals surface area (Å²) in [7, 11) is 0. The number of nitrogens with one attached hydrogen (secondary N) is 1. The number of rotatable bonds is 2. The van der Waals surface area contributed by atoms with Crippen LogP contribution < -0.4 is 5.56 Å². The molecule has 1 rings (SSSR count). The molecule has 0 saturated carbocycles. The third kappa shape index (κ3) is 1.80. The molecular formula is C7H6ClF2NO2. The Morgan fingerprint density at radius 3 is 2.62 bits per heavy atom. The summed E-state index contributed by atoms with van der Waals surface area (Å²) in [5.41, 5.74) is -1.70. The average Bonchev–Trinajstić information content (AvgIpc) is 2.07. The maximum absolute atomic E-state index is 12.3. The number of hydrogen-bond acceptors (Lipinski definition) is 2. The lowest BCUT2D eigenvalue weighted by atomic mass is 10.1. The molecule has 72 valence electrons. The van der Waals surface area contributed by atoms with Crippen LogP contribution >= 0.6 is 11.6 Å². The highest BCUT2D eigenvalue weighted by molar-refractivity contribution is 6.17. The van der Waals surface area contributed by atoms with Crippen LogP contribution in [-0.2, 0) is 5.88 Å². The van der Waals surface area contributed by atoms with E-state index in [-0.39, 0.29) is 11.4 Å². The number of H-pyrrole nitrogens is 1. The van der Waals surface area contributed by atoms with Crippen molar-refractivity contribution >= 4 is 11.6 Å². The molecule has 6 heteroatoms. The van der Waals surface area contributed by atoms with Crippen molar-refractivity contribution in [3.8, 4) is 5.75 Å². The Kier molecular flexibility index (Phi) is 2.87. The van der Waals surface area contributed by atoms with E-state index in [1.165, 1.54) is 0 Å². The fourth-order valence-corrected chi connectivity index (χ4v) is 1.22. The smallest absolute Gasteiger partial charge is 0.267 e. The van der Waals surface area contributed by atoms with Crippen molar-refractivity contribution in [1.29, 1.82) is 0 Å². The van der Waals surface area contributed by atoms with Crippen molar-refractivity contribution in [2.45, 2.75) is 12.3 Å². The number of hydrogen-bond donors (Lipinski definition) is 2. The molecule has 0 unspecified atom stereocenters. The molecule has 1 aromatic heterocycles. The number of aromatic amines is 1. The zero-order chi connectivity index (χ0) is 10.0. The molecule has 1 aromatic rings. The van der Waals surface area contributed by atoms with E-state index in [1.54, 1.807) is 0 Å². The van der Waals surface area contributed by atoms with E-state index in [0.29, 0.717) is 0 Å². The van der Waals surface area contributed by atoms with Crippen LogP contribution in [0.3, 0.4) is 0 Å². The van der Waals surface area contributed by atoms with Gasteiger partial charge in [0.2, 0.25) is 0 Å². The number of aromatic hydroxyl groups is 1. The topological polar surface area (TPSA) is 53.1 Å². The second kappa shape index (κ2) is 3.74. The molecular weight excluding hydrogens is 204 g/mol. The molecule has 0 atom stereocenters. The summed E-state index contributed by atoms with van der Waals surface area (Å²) >= 11 is 5.29. The predicted octanol–water partition coefficient (Wildman–Crippen LogP) is 1.76. The number of halogens is 3. The largest absolute Gasteiger partial charge is 0.506 e. The fraction of sp³-hybridized carbons (Fsp3) is 0.286. The molecule has 0 radical (unpaired) electrons. The van der Waals surface area contributed by atoms with Gasteiger partial charge in [-0.2, -0.15) is 0 Å². The van der Waals surface area contributed by atoms with Gasteiger partial charge < -0.3 is 10.1 Å². The lowest BCUT2D eigenvalue weighted by Gasteiger charge is -2.06. The Morgan fingerprint density at radius 2 is 2.23 bits per heavy atom. The van der Waals surface area contributed by atoms with Gasteiger partial charge in [-0.3, -0.25) is 4.79 Å². The van der Waals surface area contributed by atoms with Gasteiger partial charge in [0.15, 0.2) is 0 Å². The second-order valence-electron chi connectivity index (χ2n) is 2.33. The first-order chi connectivity index (χ1) is 6.07. The Balaban J connectivity index is 3.44. The second-order valence-corrected chi connectivity index (χ2v) is 2.60. The molecule has 0 aromatic carbocycles. The molecule has 1 heterocycles. The van der Waals surface area contributed by atoms with E-state index in [9.17, 15) is 13.6 Å². The van der Waals surface area contributed by atoms with Crippen LogP contribution in [0.5, 0.6) is 5.75 Å². The Hall–Kier alpha value is -1.10. The van der Waals surface area contributed by atoms with E-state index >= 15 is 0 Å². The predicted molar refractivity (Wildman–Crippen MR) is 43.2 cm³/mol. The summed E-state index contributed by atoms with van der Waals surface area (Å²) in [5.74, 6) is -1.01. The van der Waals surface area contributed by atoms with Crippen molar-refractivity contribution in [2.75, 3.05) is 0 Å². The minimum absolute atomic E-state index is 0.295. The highest BCUT2D eigenvalue weighted by atomic mass is 35.5. The summed E-state index contributed by atoms with van der Waals surface area (Å²) in [6, 6.07) is 0. The average molecular weight is 210 g/mol. The van der Waals surface area contributed by atoms with E-state index in [4.69, 9.17) is 16.7 Å². The third-order valence-electron chi connectivity index (χ3n) is 1.57. The maximum Gasteiger partial charge on any atom is 0.267 e. The van der Waals surface area contributed by atoms with E-state index < -0.39 is 23.3 Å². The summed E-state index contributed by atoms with van der Waals surface area (Å²) in [6.07, 6.45) is -2.09. The van der Waals surface area contributed by atoms with Gasteiger partial charge in [-0.05, 0) is 0 Å². The molecule has 0 saturated heterocycles. The molecule has 0 fully saturated rings. The zero-order valence-electron chi connectivity index (χ0n) is 6.35. The summed E-state index contributed by atoms with van der Waals surface area (Å²) in [4.78, 5) is 13.0. The summed E-state index contributed by atoms with van der Waals surface area (Å²) in [6.45, 7) is 0. The van der Waals surface area contributed by atoms with Gasteiger partial charge in [0.1, 0.15) is 5.75 Å². The van der Waals surface area contributed by atoms with Gasteiger partial charge in [-0.1, -0.05) is 0 Å². The number of pyridine rings is 1. The van der Waals surface area contributed by atoms with Crippen molar-refractivity contribution in [3.05, 3.63) is 27.7 Å². The van der Waals surface area contributed by atoms with Crippen LogP contribution in [0.1, 0.15) is 17.6 Å². The highest BCUT2D eigenvalue weighted by Gasteiger charge is 2.19. The standard InChI is InChI=1S/C7H6ClF2NO2/c8-1-3-5(6(9)10)4(12)2-11-7(3)13/h2,6,12H,1H2,(H,11,13). The molecule has 13 heavy (non-hydrogen) atoms. The maximum atomic E-state index is 12.3. The summed E-state index contributed by atoms with van der Waals surface area (Å²) < 4.78 is 24.6. The van der Waals surface area contributed by atoms with Crippen LogP contribution in [0.2, 0.25) is 0 Å². The third-order valence-corrected chi connectivity index (χ3v) is 1.83. The molecule has 0 bridgehead atoms. The van der Waals surface area contributed by atoms with Crippen molar-refractivity contribution in [3.63, 3.8) is 0 Å². The molecule has 0 aliphatic heterocycles. The first kappa shape index (κ1) is 9.98. The zero-order valence-corrected chi connectivity index (χ0v) is 7.11. The fourth-order valence-electron chi connectivity index (χ4n) is 0.952. The minimum atomic E-state index is -2.91. The SMILES string of the molecule is O=c1[nH]cc(O)c(C(F)F)c1CCl. The van der Waals surface area contributed by atoms with Gasteiger partial charge in [0.25, 0.3) is 12.0 Å². The molecule has 0 spiro atoms. The highest BCUT2D eigenvalue weighted by Crippen LogP contribution is 2.29. The van der Waals surface area contributed by atoms with Gasteiger partial charge in [-0.25, -0.2) is 8.78 Å². The monoisotopic (exact) mass is 209 g/mol. The van der Waals surface area contributed by atoms with E-state index in [2.05, 4.69) is 4.98 Å². The van der Waals surface area contributed by atoms with Crippen LogP contribution in [0, 0.1) is 0 Å². The van der Waals surface area contributed by atoms with Crippen LogP contribution in [0.4, 0.5) is 8.78 Å². The van der Waals surface area contributed by atoms with Crippen molar-refractivity contribution < 1.29 is 13.9 Å². The van der Waals surface area contributed by atoms with E-state index in [1.807, 2.05) is 0 Å². The minimum Gasteiger partial charge on any atom is -0.506 e. The first-order valence-corrected chi connectivity index (χ1v) is 3.89. The van der Waals surface area contributed by atoms with Crippen LogP contribution in [0.15, 0.2) is 11.0 Å². The van der Waals surface area contributed by atoms with Crippen molar-refractivity contribution in [1.82, 2.24) is 4.98 Å². The Morgan fingerprint density at radius 1 is 1.62 bits per heavy atom. The molecule has 0 aliphatic rings. The Labute approximate surface area is 77.0 Å². The van der Waals surface area contributed by atoms with Crippen LogP contribution in [0.25, 0.3) is 0 Å². The molecule has 0 amide bonds. The lowest BCUT2D eigenvalue weighted by Crippen LogP contribution is -2.14. The molecule has 3 nitrogen and oxygen atoms in total. The Bertz CT molecular complexity index is 364. The van der Waals surface area contributed by atoms with Gasteiger partial charge in [0.05, 0.1) is 11.4 Å².